The van der Waals surface area contributed by atoms with E-state index in [2.05, 4.69) is 26.1 Å². The summed E-state index contributed by atoms with van der Waals surface area (Å²) < 4.78 is 10.6. The van der Waals surface area contributed by atoms with Gasteiger partial charge < -0.3 is 14.8 Å². The molecule has 1 aromatic carbocycles. The van der Waals surface area contributed by atoms with E-state index in [-0.39, 0.29) is 0 Å². The van der Waals surface area contributed by atoms with Gasteiger partial charge in [-0.05, 0) is 37.1 Å². The number of ether oxygens (including phenoxy) is 2. The lowest BCUT2D eigenvalue weighted by Crippen LogP contribution is -2.33. The highest BCUT2D eigenvalue weighted by molar-refractivity contribution is 5.40. The molecule has 0 spiro atoms. The van der Waals surface area contributed by atoms with Crippen molar-refractivity contribution in [3.8, 4) is 11.5 Å². The van der Waals surface area contributed by atoms with Gasteiger partial charge in [-0.15, -0.1) is 0 Å². The first-order valence-corrected chi connectivity index (χ1v) is 6.03. The highest BCUT2D eigenvalue weighted by atomic mass is 16.5. The van der Waals surface area contributed by atoms with Gasteiger partial charge in [0.15, 0.2) is 0 Å². The largest absolute Gasteiger partial charge is 0.497 e. The van der Waals surface area contributed by atoms with Gasteiger partial charge in [0, 0.05) is 12.1 Å². The second-order valence-electron chi connectivity index (χ2n) is 4.60. The Kier molecular flexibility index (Phi) is 5.29. The van der Waals surface area contributed by atoms with Gasteiger partial charge in [-0.2, -0.15) is 0 Å². The minimum Gasteiger partial charge on any atom is -0.497 e. The average Bonchev–Trinajstić information content (AvgIpc) is 2.27. The molecule has 0 aromatic heterocycles. The van der Waals surface area contributed by atoms with E-state index in [1.54, 1.807) is 14.2 Å². The van der Waals surface area contributed by atoms with Crippen LogP contribution in [0.5, 0.6) is 11.5 Å². The molecule has 17 heavy (non-hydrogen) atoms. The summed E-state index contributed by atoms with van der Waals surface area (Å²) in [7, 11) is 3.38. The lowest BCUT2D eigenvalue weighted by molar-refractivity contribution is 0.394. The van der Waals surface area contributed by atoms with Crippen LogP contribution in [0, 0.1) is 0 Å². The monoisotopic (exact) mass is 237 g/mol. The molecule has 0 bridgehead atoms. The molecule has 1 atom stereocenters. The minimum absolute atomic E-state index is 0.413. The second kappa shape index (κ2) is 6.50. The fourth-order valence-corrected chi connectivity index (χ4v) is 2.00. The van der Waals surface area contributed by atoms with E-state index < -0.39 is 0 Å². The van der Waals surface area contributed by atoms with Crippen LogP contribution >= 0.6 is 0 Å². The molecule has 0 amide bonds. The molecule has 0 fully saturated rings. The maximum atomic E-state index is 5.37. The van der Waals surface area contributed by atoms with Crippen molar-refractivity contribution in [2.75, 3.05) is 14.2 Å². The number of hydrogen-bond acceptors (Lipinski definition) is 3. The van der Waals surface area contributed by atoms with Crippen LogP contribution in [0.2, 0.25) is 0 Å². The van der Waals surface area contributed by atoms with Crippen LogP contribution in [0.25, 0.3) is 0 Å². The Morgan fingerprint density at radius 2 is 1.82 bits per heavy atom. The molecule has 3 heteroatoms. The zero-order chi connectivity index (χ0) is 12.8. The Bertz CT molecular complexity index is 350. The third-order valence-corrected chi connectivity index (χ3v) is 2.63. The SMILES string of the molecule is COc1ccc(OC)c(CC(C)NC(C)C)c1. The minimum atomic E-state index is 0.413. The molecule has 0 saturated carbocycles. The van der Waals surface area contributed by atoms with Crippen molar-refractivity contribution in [2.24, 2.45) is 0 Å². The zero-order valence-electron chi connectivity index (χ0n) is 11.4. The molecule has 1 N–H and O–H groups in total. The molecule has 0 aliphatic rings. The Hall–Kier alpha value is -1.22. The molecule has 0 aliphatic carbocycles. The molecule has 3 nitrogen and oxygen atoms in total. The standard InChI is InChI=1S/C14H23NO2/c1-10(2)15-11(3)8-12-9-13(16-4)6-7-14(12)17-5/h6-7,9-11,15H,8H2,1-5H3. The predicted molar refractivity (Wildman–Crippen MR) is 71.0 cm³/mol. The third kappa shape index (κ3) is 4.27. The smallest absolute Gasteiger partial charge is 0.122 e. The second-order valence-corrected chi connectivity index (χ2v) is 4.60. The topological polar surface area (TPSA) is 30.5 Å². The van der Waals surface area contributed by atoms with E-state index in [0.717, 1.165) is 17.9 Å². The van der Waals surface area contributed by atoms with Gasteiger partial charge in [-0.25, -0.2) is 0 Å². The maximum Gasteiger partial charge on any atom is 0.122 e. The van der Waals surface area contributed by atoms with Crippen LogP contribution in [0.1, 0.15) is 26.3 Å². The Morgan fingerprint density at radius 3 is 2.35 bits per heavy atom. The van der Waals surface area contributed by atoms with E-state index >= 15 is 0 Å². The molecule has 0 aliphatic heterocycles. The van der Waals surface area contributed by atoms with Crippen LogP contribution in [-0.4, -0.2) is 26.3 Å². The van der Waals surface area contributed by atoms with E-state index in [4.69, 9.17) is 9.47 Å². The van der Waals surface area contributed by atoms with Gasteiger partial charge in [0.05, 0.1) is 14.2 Å². The predicted octanol–water partition coefficient (Wildman–Crippen LogP) is 2.63. The molecule has 1 unspecified atom stereocenters. The Labute approximate surface area is 104 Å². The summed E-state index contributed by atoms with van der Waals surface area (Å²) in [5.74, 6) is 1.79. The molecule has 1 aromatic rings. The summed E-state index contributed by atoms with van der Waals surface area (Å²) in [6.45, 7) is 6.48. The van der Waals surface area contributed by atoms with E-state index in [1.165, 1.54) is 5.56 Å². The number of hydrogen-bond donors (Lipinski definition) is 1. The van der Waals surface area contributed by atoms with Crippen LogP contribution < -0.4 is 14.8 Å². The number of rotatable bonds is 6. The van der Waals surface area contributed by atoms with Crippen LogP contribution in [0.15, 0.2) is 18.2 Å². The van der Waals surface area contributed by atoms with Gasteiger partial charge in [-0.1, -0.05) is 13.8 Å². The lowest BCUT2D eigenvalue weighted by Gasteiger charge is -2.18. The van der Waals surface area contributed by atoms with Crippen LogP contribution in [0.4, 0.5) is 0 Å². The van der Waals surface area contributed by atoms with Crippen molar-refractivity contribution in [3.05, 3.63) is 23.8 Å². The molecule has 96 valence electrons. The number of nitrogens with one attached hydrogen (secondary N) is 1. The zero-order valence-corrected chi connectivity index (χ0v) is 11.4. The maximum absolute atomic E-state index is 5.37. The lowest BCUT2D eigenvalue weighted by atomic mass is 10.0. The summed E-state index contributed by atoms with van der Waals surface area (Å²) in [6, 6.07) is 6.81. The number of methoxy groups -OCH3 is 2. The molecule has 0 heterocycles. The first kappa shape index (κ1) is 13.8. The van der Waals surface area contributed by atoms with Crippen molar-refractivity contribution in [2.45, 2.75) is 39.3 Å². The Balaban J connectivity index is 2.80. The molecule has 0 radical (unpaired) electrons. The first-order valence-electron chi connectivity index (χ1n) is 6.03. The van der Waals surface area contributed by atoms with Gasteiger partial charge in [0.1, 0.15) is 11.5 Å². The summed E-state index contributed by atoms with van der Waals surface area (Å²) in [4.78, 5) is 0. The molecular weight excluding hydrogens is 214 g/mol. The van der Waals surface area contributed by atoms with Crippen LogP contribution in [-0.2, 0) is 6.42 Å². The molecular formula is C14H23NO2. The van der Waals surface area contributed by atoms with Gasteiger partial charge in [-0.3, -0.25) is 0 Å². The van der Waals surface area contributed by atoms with E-state index in [0.29, 0.717) is 12.1 Å². The summed E-state index contributed by atoms with van der Waals surface area (Å²) >= 11 is 0. The Morgan fingerprint density at radius 1 is 1.12 bits per heavy atom. The van der Waals surface area contributed by atoms with Crippen molar-refractivity contribution in [3.63, 3.8) is 0 Å². The van der Waals surface area contributed by atoms with Crippen molar-refractivity contribution in [1.82, 2.24) is 5.32 Å². The fraction of sp³-hybridized carbons (Fsp3) is 0.571. The third-order valence-electron chi connectivity index (χ3n) is 2.63. The normalized spacial score (nSPS) is 12.6. The summed E-state index contributed by atoms with van der Waals surface area (Å²) in [6.07, 6.45) is 0.929. The van der Waals surface area contributed by atoms with Gasteiger partial charge >= 0.3 is 0 Å². The highest BCUT2D eigenvalue weighted by Gasteiger charge is 2.10. The fourth-order valence-electron chi connectivity index (χ4n) is 2.00. The van der Waals surface area contributed by atoms with E-state index in [1.807, 2.05) is 18.2 Å². The van der Waals surface area contributed by atoms with Gasteiger partial charge in [0.25, 0.3) is 0 Å². The number of benzene rings is 1. The van der Waals surface area contributed by atoms with Crippen LogP contribution in [0.3, 0.4) is 0 Å². The van der Waals surface area contributed by atoms with Crippen molar-refractivity contribution >= 4 is 0 Å². The first-order chi connectivity index (χ1) is 8.06. The van der Waals surface area contributed by atoms with Crippen molar-refractivity contribution in [1.29, 1.82) is 0 Å². The molecule has 1 rings (SSSR count). The summed E-state index contributed by atoms with van der Waals surface area (Å²) in [5, 5.41) is 3.48. The van der Waals surface area contributed by atoms with Gasteiger partial charge in [0.2, 0.25) is 0 Å². The average molecular weight is 237 g/mol. The van der Waals surface area contributed by atoms with Crippen molar-refractivity contribution < 1.29 is 9.47 Å². The quantitative estimate of drug-likeness (QED) is 0.825. The molecule has 0 saturated heterocycles. The highest BCUT2D eigenvalue weighted by Crippen LogP contribution is 2.25. The van der Waals surface area contributed by atoms with E-state index in [9.17, 15) is 0 Å². The summed E-state index contributed by atoms with van der Waals surface area (Å²) in [5.41, 5.74) is 1.17.